The van der Waals surface area contributed by atoms with Gasteiger partial charge in [0.2, 0.25) is 0 Å². The van der Waals surface area contributed by atoms with Crippen LogP contribution in [0.15, 0.2) is 85.7 Å². The quantitative estimate of drug-likeness (QED) is 0.570. The maximum absolute atomic E-state index is 13.2. The van der Waals surface area contributed by atoms with Gasteiger partial charge in [0, 0.05) is 24.8 Å². The van der Waals surface area contributed by atoms with Crippen LogP contribution < -0.4 is 4.90 Å². The molecule has 1 aromatic carbocycles. The van der Waals surface area contributed by atoms with Crippen LogP contribution in [0.25, 0.3) is 5.69 Å². The average Bonchev–Trinajstić information content (AvgIpc) is 3.25. The number of carbonyl (C=O) groups is 1. The normalized spacial score (nSPS) is 10.5. The first-order chi connectivity index (χ1) is 12.8. The summed E-state index contributed by atoms with van der Waals surface area (Å²) < 4.78 is 1.74. The molecule has 3 heterocycles. The maximum Gasteiger partial charge on any atom is 0.264 e. The summed E-state index contributed by atoms with van der Waals surface area (Å²) >= 11 is 0. The highest BCUT2D eigenvalue weighted by atomic mass is 16.2. The predicted octanol–water partition coefficient (Wildman–Crippen LogP) is 3.04. The van der Waals surface area contributed by atoms with Gasteiger partial charge < -0.3 is 0 Å². The molecule has 126 valence electrons. The zero-order valence-corrected chi connectivity index (χ0v) is 13.7. The fourth-order valence-corrected chi connectivity index (χ4v) is 2.61. The van der Waals surface area contributed by atoms with E-state index in [9.17, 15) is 4.79 Å². The summed E-state index contributed by atoms with van der Waals surface area (Å²) in [7, 11) is 0. The third-order valence-corrected chi connectivity index (χ3v) is 3.80. The van der Waals surface area contributed by atoms with Crippen LogP contribution in [0.5, 0.6) is 0 Å². The van der Waals surface area contributed by atoms with Gasteiger partial charge in [-0.25, -0.2) is 4.68 Å². The Bertz CT molecular complexity index is 1000. The van der Waals surface area contributed by atoms with Gasteiger partial charge in [0.15, 0.2) is 0 Å². The standard InChI is InChI=1S/C19H14N6O/c26-19(15-4-2-8-20-13-15)25(18-7-10-21-22-14-18)17-6-1-5-16(12-17)24-11-3-9-23-24/h1-14H. The molecule has 3 aromatic heterocycles. The molecule has 0 aliphatic heterocycles. The second-order valence-electron chi connectivity index (χ2n) is 5.45. The van der Waals surface area contributed by atoms with Gasteiger partial charge in [0.05, 0.1) is 35.0 Å². The molecule has 4 aromatic rings. The Hall–Kier alpha value is -3.87. The highest BCUT2D eigenvalue weighted by Crippen LogP contribution is 2.28. The van der Waals surface area contributed by atoms with Crippen molar-refractivity contribution in [3.05, 3.63) is 91.3 Å². The summed E-state index contributed by atoms with van der Waals surface area (Å²) in [6, 6.07) is 14.6. The van der Waals surface area contributed by atoms with Crippen molar-refractivity contribution < 1.29 is 4.79 Å². The zero-order chi connectivity index (χ0) is 17.8. The molecule has 0 bridgehead atoms. The van der Waals surface area contributed by atoms with Gasteiger partial charge >= 0.3 is 0 Å². The Balaban J connectivity index is 1.81. The monoisotopic (exact) mass is 342 g/mol. The molecular formula is C19H14N6O. The van der Waals surface area contributed by atoms with Crippen LogP contribution in [0.3, 0.4) is 0 Å². The van der Waals surface area contributed by atoms with Gasteiger partial charge in [-0.15, -0.1) is 0 Å². The van der Waals surface area contributed by atoms with Gasteiger partial charge in [0.25, 0.3) is 5.91 Å². The van der Waals surface area contributed by atoms with E-state index < -0.39 is 0 Å². The molecule has 0 N–H and O–H groups in total. The highest BCUT2D eigenvalue weighted by Gasteiger charge is 2.20. The second-order valence-corrected chi connectivity index (χ2v) is 5.45. The van der Waals surface area contributed by atoms with Crippen molar-refractivity contribution in [2.75, 3.05) is 4.90 Å². The highest BCUT2D eigenvalue weighted by molar-refractivity contribution is 6.10. The lowest BCUT2D eigenvalue weighted by molar-refractivity contribution is 0.0999. The Kier molecular flexibility index (Phi) is 4.17. The largest absolute Gasteiger partial charge is 0.275 e. The number of hydrogen-bond donors (Lipinski definition) is 0. The van der Waals surface area contributed by atoms with Crippen molar-refractivity contribution in [1.82, 2.24) is 25.0 Å². The first-order valence-corrected chi connectivity index (χ1v) is 7.94. The molecule has 0 radical (unpaired) electrons. The first-order valence-electron chi connectivity index (χ1n) is 7.94. The number of anilines is 2. The van der Waals surface area contributed by atoms with Crippen molar-refractivity contribution in [2.45, 2.75) is 0 Å². The summed E-state index contributed by atoms with van der Waals surface area (Å²) in [5, 5.41) is 11.9. The maximum atomic E-state index is 13.2. The lowest BCUT2D eigenvalue weighted by Crippen LogP contribution is -2.26. The van der Waals surface area contributed by atoms with Crippen LogP contribution in [0.1, 0.15) is 10.4 Å². The van der Waals surface area contributed by atoms with Crippen LogP contribution in [0, 0.1) is 0 Å². The van der Waals surface area contributed by atoms with E-state index in [1.807, 2.05) is 36.5 Å². The molecule has 0 saturated heterocycles. The molecule has 4 rings (SSSR count). The molecule has 0 aliphatic carbocycles. The van der Waals surface area contributed by atoms with Crippen molar-refractivity contribution in [3.63, 3.8) is 0 Å². The summed E-state index contributed by atoms with van der Waals surface area (Å²) in [6.45, 7) is 0. The fourth-order valence-electron chi connectivity index (χ4n) is 2.61. The fraction of sp³-hybridized carbons (Fsp3) is 0. The molecule has 0 saturated carbocycles. The van der Waals surface area contributed by atoms with Crippen LogP contribution in [0.2, 0.25) is 0 Å². The van der Waals surface area contributed by atoms with Crippen molar-refractivity contribution in [3.8, 4) is 5.69 Å². The van der Waals surface area contributed by atoms with E-state index in [2.05, 4.69) is 20.3 Å². The second kappa shape index (κ2) is 6.94. The van der Waals surface area contributed by atoms with Crippen molar-refractivity contribution in [2.24, 2.45) is 0 Å². The first kappa shape index (κ1) is 15.6. The Morgan fingerprint density at radius 3 is 2.58 bits per heavy atom. The van der Waals surface area contributed by atoms with Crippen molar-refractivity contribution >= 4 is 17.3 Å². The molecule has 0 aliphatic rings. The van der Waals surface area contributed by atoms with Crippen molar-refractivity contribution in [1.29, 1.82) is 0 Å². The molecule has 0 fully saturated rings. The Labute approximate surface area is 149 Å². The van der Waals surface area contributed by atoms with Gasteiger partial charge in [-0.2, -0.15) is 15.3 Å². The lowest BCUT2D eigenvalue weighted by atomic mass is 10.2. The number of pyridine rings is 1. The van der Waals surface area contributed by atoms with Gasteiger partial charge in [-0.1, -0.05) is 6.07 Å². The third-order valence-electron chi connectivity index (χ3n) is 3.80. The lowest BCUT2D eigenvalue weighted by Gasteiger charge is -2.23. The van der Waals surface area contributed by atoms with Crippen LogP contribution in [0.4, 0.5) is 11.4 Å². The third kappa shape index (κ3) is 3.05. The predicted molar refractivity (Wildman–Crippen MR) is 96.3 cm³/mol. The summed E-state index contributed by atoms with van der Waals surface area (Å²) in [5.74, 6) is -0.205. The molecule has 1 amide bonds. The van der Waals surface area contributed by atoms with E-state index >= 15 is 0 Å². The minimum absolute atomic E-state index is 0.205. The van der Waals surface area contributed by atoms with E-state index in [4.69, 9.17) is 0 Å². The summed E-state index contributed by atoms with van der Waals surface area (Å²) in [6.07, 6.45) is 9.83. The van der Waals surface area contributed by atoms with E-state index in [0.29, 0.717) is 16.9 Å². The molecular weight excluding hydrogens is 328 g/mol. The van der Waals surface area contributed by atoms with Crippen LogP contribution >= 0.6 is 0 Å². The number of nitrogens with zero attached hydrogens (tertiary/aromatic N) is 6. The van der Waals surface area contributed by atoms with Gasteiger partial charge in [0.1, 0.15) is 0 Å². The molecule has 0 atom stereocenters. The van der Waals surface area contributed by atoms with Gasteiger partial charge in [-0.05, 0) is 42.5 Å². The number of hydrogen-bond acceptors (Lipinski definition) is 5. The van der Waals surface area contributed by atoms with E-state index in [1.54, 1.807) is 58.8 Å². The number of aromatic nitrogens is 5. The topological polar surface area (TPSA) is 76.8 Å². The SMILES string of the molecule is O=C(c1cccnc1)N(c1ccnnc1)c1cccc(-n2cccn2)c1. The molecule has 7 nitrogen and oxygen atoms in total. The number of amides is 1. The van der Waals surface area contributed by atoms with Crippen LogP contribution in [-0.4, -0.2) is 30.9 Å². The van der Waals surface area contributed by atoms with E-state index in [0.717, 1.165) is 5.69 Å². The van der Waals surface area contributed by atoms with Gasteiger partial charge in [-0.3, -0.25) is 14.7 Å². The van der Waals surface area contributed by atoms with E-state index in [1.165, 1.54) is 0 Å². The smallest absolute Gasteiger partial charge is 0.264 e. The molecule has 26 heavy (non-hydrogen) atoms. The molecule has 0 unspecified atom stereocenters. The van der Waals surface area contributed by atoms with Crippen LogP contribution in [-0.2, 0) is 0 Å². The number of carbonyl (C=O) groups excluding carboxylic acids is 1. The zero-order valence-electron chi connectivity index (χ0n) is 13.7. The number of benzene rings is 1. The van der Waals surface area contributed by atoms with E-state index in [-0.39, 0.29) is 5.91 Å². The minimum atomic E-state index is -0.205. The summed E-state index contributed by atoms with van der Waals surface area (Å²) in [4.78, 5) is 18.8. The molecule has 0 spiro atoms. The summed E-state index contributed by atoms with van der Waals surface area (Å²) in [5.41, 5.74) is 2.64. The minimum Gasteiger partial charge on any atom is -0.275 e. The average molecular weight is 342 g/mol. The Morgan fingerprint density at radius 2 is 1.85 bits per heavy atom. The number of rotatable bonds is 4. The Morgan fingerprint density at radius 1 is 0.885 bits per heavy atom. The molecule has 7 heteroatoms.